The van der Waals surface area contributed by atoms with Gasteiger partial charge in [-0.3, -0.25) is 14.4 Å². The molecule has 4 N–H and O–H groups in total. The Labute approximate surface area is 217 Å². The molecule has 0 saturated heterocycles. The van der Waals surface area contributed by atoms with E-state index in [1.54, 1.807) is 6.92 Å². The Bertz CT molecular complexity index is 1270. The molecule has 0 saturated carbocycles. The Morgan fingerprint density at radius 1 is 0.763 bits per heavy atom. The maximum absolute atomic E-state index is 12.4. The number of hydrogen-bond acceptors (Lipinski definition) is 7. The van der Waals surface area contributed by atoms with Crippen LogP contribution in [0.25, 0.3) is 0 Å². The number of benzene rings is 3. The molecule has 3 aromatic carbocycles. The summed E-state index contributed by atoms with van der Waals surface area (Å²) in [5.74, 6) is -3.87. The zero-order valence-corrected chi connectivity index (χ0v) is 20.4. The Hall–Kier alpha value is -4.70. The lowest BCUT2D eigenvalue weighted by Crippen LogP contribution is -2.42. The van der Waals surface area contributed by atoms with Crippen LogP contribution in [0.4, 0.5) is 0 Å². The molecule has 10 nitrogen and oxygen atoms in total. The Balaban J connectivity index is 0.000000263. The zero-order valence-electron chi connectivity index (χ0n) is 20.4. The molecule has 1 aliphatic heterocycles. The summed E-state index contributed by atoms with van der Waals surface area (Å²) in [5, 5.41) is 33.8. The second-order valence-electron chi connectivity index (χ2n) is 8.45. The SMILES string of the molecule is CCC(=O)OC1(c2ccccc2)c2ccccc2Oc2ccccc21.O=C(O)CC(O)(CC(=O)O)C(=O)O. The number of rotatable bonds is 8. The molecule has 1 heterocycles. The van der Waals surface area contributed by atoms with E-state index in [9.17, 15) is 19.2 Å². The molecule has 10 heteroatoms. The summed E-state index contributed by atoms with van der Waals surface area (Å²) in [6, 6.07) is 25.3. The third kappa shape index (κ3) is 5.81. The van der Waals surface area contributed by atoms with E-state index in [1.165, 1.54) is 0 Å². The van der Waals surface area contributed by atoms with Gasteiger partial charge in [0.15, 0.2) is 11.2 Å². The molecule has 0 amide bonds. The largest absolute Gasteiger partial charge is 0.481 e. The molecule has 0 radical (unpaired) electrons. The van der Waals surface area contributed by atoms with Crippen molar-refractivity contribution in [2.75, 3.05) is 0 Å². The summed E-state index contributed by atoms with van der Waals surface area (Å²) in [5.41, 5.74) is -1.18. The molecule has 38 heavy (non-hydrogen) atoms. The van der Waals surface area contributed by atoms with Gasteiger partial charge in [-0.1, -0.05) is 73.7 Å². The van der Waals surface area contributed by atoms with Crippen LogP contribution in [0.3, 0.4) is 0 Å². The van der Waals surface area contributed by atoms with Gasteiger partial charge >= 0.3 is 23.9 Å². The van der Waals surface area contributed by atoms with Gasteiger partial charge in [-0.25, -0.2) is 4.79 Å². The maximum Gasteiger partial charge on any atom is 0.336 e. The van der Waals surface area contributed by atoms with Crippen molar-refractivity contribution in [2.24, 2.45) is 0 Å². The summed E-state index contributed by atoms with van der Waals surface area (Å²) in [6.45, 7) is 1.80. The van der Waals surface area contributed by atoms with Gasteiger partial charge in [0.05, 0.1) is 12.8 Å². The van der Waals surface area contributed by atoms with E-state index in [2.05, 4.69) is 0 Å². The lowest BCUT2D eigenvalue weighted by molar-refractivity contribution is -0.170. The van der Waals surface area contributed by atoms with Gasteiger partial charge in [0.1, 0.15) is 11.5 Å². The topological polar surface area (TPSA) is 168 Å². The number of ether oxygens (including phenoxy) is 2. The summed E-state index contributed by atoms with van der Waals surface area (Å²) in [7, 11) is 0. The first-order chi connectivity index (χ1) is 18.0. The van der Waals surface area contributed by atoms with Crippen LogP contribution in [0.2, 0.25) is 0 Å². The molecule has 0 fully saturated rings. The number of carboxylic acids is 3. The van der Waals surface area contributed by atoms with Crippen molar-refractivity contribution < 1.29 is 49.1 Å². The van der Waals surface area contributed by atoms with Gasteiger partial charge < -0.3 is 29.9 Å². The lowest BCUT2D eigenvalue weighted by atomic mass is 9.78. The van der Waals surface area contributed by atoms with E-state index < -0.39 is 42.0 Å². The summed E-state index contributed by atoms with van der Waals surface area (Å²) in [6.07, 6.45) is -1.98. The van der Waals surface area contributed by atoms with Crippen LogP contribution in [-0.2, 0) is 29.5 Å². The summed E-state index contributed by atoms with van der Waals surface area (Å²) < 4.78 is 12.2. The first-order valence-electron chi connectivity index (χ1n) is 11.6. The molecule has 3 aromatic rings. The number of para-hydroxylation sites is 2. The molecule has 0 aromatic heterocycles. The lowest BCUT2D eigenvalue weighted by Gasteiger charge is -2.39. The van der Waals surface area contributed by atoms with E-state index >= 15 is 0 Å². The van der Waals surface area contributed by atoms with Gasteiger partial charge in [0, 0.05) is 23.1 Å². The number of aliphatic hydroxyl groups is 1. The second-order valence-corrected chi connectivity index (χ2v) is 8.45. The predicted molar refractivity (Wildman–Crippen MR) is 133 cm³/mol. The quantitative estimate of drug-likeness (QED) is 0.320. The van der Waals surface area contributed by atoms with E-state index in [0.29, 0.717) is 17.9 Å². The van der Waals surface area contributed by atoms with Gasteiger partial charge in [0.2, 0.25) is 0 Å². The van der Waals surface area contributed by atoms with Crippen LogP contribution < -0.4 is 4.74 Å². The number of carbonyl (C=O) groups excluding carboxylic acids is 1. The first kappa shape index (κ1) is 27.9. The monoisotopic (exact) mass is 522 g/mol. The number of fused-ring (bicyclic) bond motifs is 2. The van der Waals surface area contributed by atoms with E-state index in [-0.39, 0.29) is 5.97 Å². The molecular formula is C28H26O10. The normalized spacial score (nSPS) is 12.9. The molecule has 0 atom stereocenters. The van der Waals surface area contributed by atoms with Gasteiger partial charge in [-0.05, 0) is 12.1 Å². The molecule has 0 spiro atoms. The highest BCUT2D eigenvalue weighted by Gasteiger charge is 2.47. The maximum atomic E-state index is 12.4. The fourth-order valence-electron chi connectivity index (χ4n) is 4.07. The van der Waals surface area contributed by atoms with Crippen molar-refractivity contribution in [2.45, 2.75) is 37.4 Å². The molecule has 198 valence electrons. The van der Waals surface area contributed by atoms with Crippen LogP contribution in [0.5, 0.6) is 11.5 Å². The standard InChI is InChI=1S/C22H18O3.C6H8O7/c1-2-21(23)25-22(16-10-4-3-5-11-16)17-12-6-8-14-19(17)24-20-15-9-7-13-18(20)22;7-3(8)1-6(13,5(11)12)2-4(9)10/h3-15H,2H2,1H3;13H,1-2H2,(H,7,8)(H,9,10)(H,11,12). The zero-order chi connectivity index (χ0) is 27.9. The highest BCUT2D eigenvalue weighted by molar-refractivity contribution is 5.88. The Morgan fingerprint density at radius 2 is 1.21 bits per heavy atom. The average molecular weight is 523 g/mol. The number of carbonyl (C=O) groups is 4. The predicted octanol–water partition coefficient (Wildman–Crippen LogP) is 3.79. The first-order valence-corrected chi connectivity index (χ1v) is 11.6. The van der Waals surface area contributed by atoms with E-state index in [1.807, 2.05) is 78.9 Å². The van der Waals surface area contributed by atoms with E-state index in [4.69, 9.17) is 29.9 Å². The highest BCUT2D eigenvalue weighted by atomic mass is 16.6. The number of carboxylic acid groups (broad SMARTS) is 3. The smallest absolute Gasteiger partial charge is 0.336 e. The van der Waals surface area contributed by atoms with Crippen LogP contribution >= 0.6 is 0 Å². The minimum atomic E-state index is -2.74. The fourth-order valence-corrected chi connectivity index (χ4v) is 4.07. The van der Waals surface area contributed by atoms with Crippen molar-refractivity contribution in [3.8, 4) is 11.5 Å². The molecule has 0 aliphatic carbocycles. The Kier molecular flexibility index (Phi) is 8.49. The van der Waals surface area contributed by atoms with Crippen molar-refractivity contribution in [3.05, 3.63) is 95.6 Å². The van der Waals surface area contributed by atoms with Crippen molar-refractivity contribution >= 4 is 23.9 Å². The third-order valence-electron chi connectivity index (χ3n) is 5.77. The van der Waals surface area contributed by atoms with Crippen molar-refractivity contribution in [1.29, 1.82) is 0 Å². The highest BCUT2D eigenvalue weighted by Crippen LogP contribution is 2.52. The van der Waals surface area contributed by atoms with E-state index in [0.717, 1.165) is 16.7 Å². The molecule has 4 rings (SSSR count). The second kappa shape index (κ2) is 11.6. The third-order valence-corrected chi connectivity index (χ3v) is 5.77. The van der Waals surface area contributed by atoms with Crippen molar-refractivity contribution in [3.63, 3.8) is 0 Å². The summed E-state index contributed by atoms with van der Waals surface area (Å²) in [4.78, 5) is 42.9. The van der Waals surface area contributed by atoms with Crippen LogP contribution in [0.15, 0.2) is 78.9 Å². The van der Waals surface area contributed by atoms with Gasteiger partial charge in [0.25, 0.3) is 0 Å². The number of hydrogen-bond donors (Lipinski definition) is 4. The van der Waals surface area contributed by atoms with Crippen LogP contribution in [0.1, 0.15) is 42.9 Å². The fraction of sp³-hybridized carbons (Fsp3) is 0.214. The molecule has 0 unspecified atom stereocenters. The number of aliphatic carboxylic acids is 3. The van der Waals surface area contributed by atoms with Gasteiger partial charge in [-0.2, -0.15) is 0 Å². The summed E-state index contributed by atoms with van der Waals surface area (Å²) >= 11 is 0. The molecular weight excluding hydrogens is 496 g/mol. The van der Waals surface area contributed by atoms with Gasteiger partial charge in [-0.15, -0.1) is 0 Å². The Morgan fingerprint density at radius 3 is 1.63 bits per heavy atom. The van der Waals surface area contributed by atoms with Crippen LogP contribution in [0, 0.1) is 0 Å². The van der Waals surface area contributed by atoms with Crippen molar-refractivity contribution in [1.82, 2.24) is 0 Å². The number of esters is 1. The minimum Gasteiger partial charge on any atom is -0.481 e. The molecule has 0 bridgehead atoms. The van der Waals surface area contributed by atoms with Crippen LogP contribution in [-0.4, -0.2) is 49.9 Å². The molecule has 1 aliphatic rings. The minimum absolute atomic E-state index is 0.254. The average Bonchev–Trinajstić information content (AvgIpc) is 2.88.